The molecule has 1 fully saturated rings. The van der Waals surface area contributed by atoms with Gasteiger partial charge in [-0.3, -0.25) is 14.2 Å². The summed E-state index contributed by atoms with van der Waals surface area (Å²) >= 11 is 1.69. The number of methoxy groups -OCH3 is 1. The lowest BCUT2D eigenvalue weighted by Crippen LogP contribution is -2.51. The highest BCUT2D eigenvalue weighted by Gasteiger charge is 2.26. The molecule has 146 valence electrons. The molecule has 3 heterocycles. The van der Waals surface area contributed by atoms with Crippen molar-refractivity contribution in [3.8, 4) is 0 Å². The van der Waals surface area contributed by atoms with E-state index in [1.54, 1.807) is 15.9 Å². The molecule has 2 aromatic heterocycles. The molecule has 0 spiro atoms. The van der Waals surface area contributed by atoms with Crippen LogP contribution in [0.4, 0.5) is 5.95 Å². The summed E-state index contributed by atoms with van der Waals surface area (Å²) in [6.45, 7) is 5.32. The van der Waals surface area contributed by atoms with Crippen LogP contribution in [0, 0.1) is 0 Å². The van der Waals surface area contributed by atoms with Crippen LogP contribution in [0.1, 0.15) is 30.2 Å². The number of fused-ring (bicyclic) bond motifs is 3. The van der Waals surface area contributed by atoms with Gasteiger partial charge in [0.15, 0.2) is 0 Å². The van der Waals surface area contributed by atoms with Gasteiger partial charge in [-0.25, -0.2) is 4.98 Å². The van der Waals surface area contributed by atoms with Crippen molar-refractivity contribution in [2.75, 3.05) is 44.8 Å². The molecular weight excluding hydrogens is 364 g/mol. The molecule has 0 radical (unpaired) electrons. The van der Waals surface area contributed by atoms with Gasteiger partial charge in [-0.1, -0.05) is 0 Å². The van der Waals surface area contributed by atoms with E-state index in [4.69, 9.17) is 9.72 Å². The fourth-order valence-electron chi connectivity index (χ4n) is 4.12. The largest absolute Gasteiger partial charge is 0.375 e. The van der Waals surface area contributed by atoms with Crippen LogP contribution < -0.4 is 10.5 Å². The van der Waals surface area contributed by atoms with Crippen molar-refractivity contribution in [3.63, 3.8) is 0 Å². The minimum absolute atomic E-state index is 0.0133. The second-order valence-electron chi connectivity index (χ2n) is 7.15. The summed E-state index contributed by atoms with van der Waals surface area (Å²) in [5, 5.41) is 0.842. The first-order valence-corrected chi connectivity index (χ1v) is 10.5. The summed E-state index contributed by atoms with van der Waals surface area (Å²) in [6, 6.07) is 0. The number of hydrogen-bond donors (Lipinski definition) is 0. The molecule has 27 heavy (non-hydrogen) atoms. The summed E-state index contributed by atoms with van der Waals surface area (Å²) in [5.41, 5.74) is 1.33. The number of hydrogen-bond acceptors (Lipinski definition) is 6. The average Bonchev–Trinajstić information content (AvgIpc) is 3.07. The molecule has 7 nitrogen and oxygen atoms in total. The molecular formula is C19H26N4O3S. The van der Waals surface area contributed by atoms with Gasteiger partial charge in [0.2, 0.25) is 11.9 Å². The molecule has 0 bridgehead atoms. The van der Waals surface area contributed by atoms with E-state index in [1.807, 2.05) is 11.8 Å². The van der Waals surface area contributed by atoms with Crippen LogP contribution in [-0.4, -0.2) is 60.3 Å². The zero-order valence-corrected chi connectivity index (χ0v) is 16.8. The van der Waals surface area contributed by atoms with Crippen LogP contribution in [0.3, 0.4) is 0 Å². The summed E-state index contributed by atoms with van der Waals surface area (Å²) in [7, 11) is 1.54. The van der Waals surface area contributed by atoms with Gasteiger partial charge in [0.05, 0.1) is 5.39 Å². The Morgan fingerprint density at radius 1 is 1.19 bits per heavy atom. The van der Waals surface area contributed by atoms with Gasteiger partial charge >= 0.3 is 0 Å². The van der Waals surface area contributed by atoms with Crippen LogP contribution in [-0.2, 0) is 28.9 Å². The monoisotopic (exact) mass is 390 g/mol. The first-order valence-electron chi connectivity index (χ1n) is 9.70. The molecule has 0 aromatic carbocycles. The Labute approximate surface area is 162 Å². The van der Waals surface area contributed by atoms with Crippen molar-refractivity contribution < 1.29 is 9.53 Å². The Morgan fingerprint density at radius 2 is 1.93 bits per heavy atom. The van der Waals surface area contributed by atoms with Gasteiger partial charge in [0, 0.05) is 44.7 Å². The number of ether oxygens (including phenoxy) is 1. The number of piperazine rings is 1. The lowest BCUT2D eigenvalue weighted by Gasteiger charge is -2.36. The van der Waals surface area contributed by atoms with Crippen LogP contribution in [0.15, 0.2) is 4.79 Å². The number of aryl methyl sites for hydroxylation is 2. The lowest BCUT2D eigenvalue weighted by molar-refractivity contribution is -0.135. The Hall–Kier alpha value is -1.93. The third kappa shape index (κ3) is 3.25. The highest BCUT2D eigenvalue weighted by molar-refractivity contribution is 7.18. The van der Waals surface area contributed by atoms with E-state index in [1.165, 1.54) is 24.0 Å². The maximum atomic E-state index is 13.2. The van der Waals surface area contributed by atoms with E-state index in [2.05, 4.69) is 4.90 Å². The molecule has 1 aliphatic heterocycles. The number of anilines is 1. The molecule has 1 aliphatic carbocycles. The topological polar surface area (TPSA) is 67.7 Å². The van der Waals surface area contributed by atoms with E-state index < -0.39 is 0 Å². The second-order valence-corrected chi connectivity index (χ2v) is 8.24. The molecule has 0 unspecified atom stereocenters. The van der Waals surface area contributed by atoms with Crippen molar-refractivity contribution in [1.82, 2.24) is 14.5 Å². The summed E-state index contributed by atoms with van der Waals surface area (Å²) < 4.78 is 6.75. The Kier molecular flexibility index (Phi) is 5.19. The SMILES string of the molecule is CCn1c(N2CCN(C(=O)COC)CC2)nc2sc3c(c2c1=O)CCCC3. The minimum atomic E-state index is 0.0133. The van der Waals surface area contributed by atoms with Gasteiger partial charge in [-0.05, 0) is 38.2 Å². The van der Waals surface area contributed by atoms with E-state index in [0.717, 1.165) is 35.4 Å². The molecule has 8 heteroatoms. The number of carbonyl (C=O) groups excluding carboxylic acids is 1. The predicted octanol–water partition coefficient (Wildman–Crippen LogP) is 1.65. The number of amides is 1. The Balaban J connectivity index is 1.66. The molecule has 0 N–H and O–H groups in total. The van der Waals surface area contributed by atoms with Crippen LogP contribution in [0.2, 0.25) is 0 Å². The van der Waals surface area contributed by atoms with Crippen molar-refractivity contribution in [1.29, 1.82) is 0 Å². The number of carbonyl (C=O) groups is 1. The molecule has 1 saturated heterocycles. The normalized spacial score (nSPS) is 17.4. The van der Waals surface area contributed by atoms with Gasteiger partial charge < -0.3 is 14.5 Å². The summed E-state index contributed by atoms with van der Waals surface area (Å²) in [6.07, 6.45) is 4.42. The smallest absolute Gasteiger partial charge is 0.263 e. The highest BCUT2D eigenvalue weighted by atomic mass is 32.1. The van der Waals surface area contributed by atoms with Gasteiger partial charge in [0.25, 0.3) is 5.56 Å². The first-order chi connectivity index (χ1) is 13.1. The summed E-state index contributed by atoms with van der Waals surface area (Å²) in [5.74, 6) is 0.756. The maximum absolute atomic E-state index is 13.2. The van der Waals surface area contributed by atoms with Crippen molar-refractivity contribution in [3.05, 3.63) is 20.8 Å². The van der Waals surface area contributed by atoms with E-state index in [-0.39, 0.29) is 18.1 Å². The fraction of sp³-hybridized carbons (Fsp3) is 0.632. The van der Waals surface area contributed by atoms with Crippen molar-refractivity contribution in [2.45, 2.75) is 39.2 Å². The fourth-order valence-corrected chi connectivity index (χ4v) is 5.37. The highest BCUT2D eigenvalue weighted by Crippen LogP contribution is 2.34. The van der Waals surface area contributed by atoms with Gasteiger partial charge in [-0.2, -0.15) is 0 Å². The standard InChI is InChI=1S/C19H26N4O3S/c1-3-23-18(25)16-13-6-4-5-7-14(13)27-17(16)20-19(23)22-10-8-21(9-11-22)15(24)12-26-2/h3-12H2,1-2H3. The summed E-state index contributed by atoms with van der Waals surface area (Å²) in [4.78, 5) is 36.4. The quantitative estimate of drug-likeness (QED) is 0.794. The van der Waals surface area contributed by atoms with Crippen LogP contribution >= 0.6 is 11.3 Å². The minimum Gasteiger partial charge on any atom is -0.375 e. The maximum Gasteiger partial charge on any atom is 0.263 e. The van der Waals surface area contributed by atoms with Crippen molar-refractivity contribution >= 4 is 33.4 Å². The molecule has 0 atom stereocenters. The number of rotatable bonds is 4. The zero-order chi connectivity index (χ0) is 19.0. The number of nitrogens with zero attached hydrogens (tertiary/aromatic N) is 4. The van der Waals surface area contributed by atoms with E-state index >= 15 is 0 Å². The number of thiophene rings is 1. The van der Waals surface area contributed by atoms with Crippen LogP contribution in [0.5, 0.6) is 0 Å². The third-order valence-corrected chi connectivity index (χ3v) is 6.74. The Morgan fingerprint density at radius 3 is 2.63 bits per heavy atom. The Bertz CT molecular complexity index is 912. The second kappa shape index (κ2) is 7.59. The molecule has 0 saturated carbocycles. The van der Waals surface area contributed by atoms with Gasteiger partial charge in [0.1, 0.15) is 11.4 Å². The predicted molar refractivity (Wildman–Crippen MR) is 107 cm³/mol. The van der Waals surface area contributed by atoms with E-state index in [0.29, 0.717) is 32.7 Å². The first kappa shape index (κ1) is 18.4. The molecule has 1 amide bonds. The molecule has 2 aliphatic rings. The lowest BCUT2D eigenvalue weighted by atomic mass is 9.97. The molecule has 4 rings (SSSR count). The van der Waals surface area contributed by atoms with E-state index in [9.17, 15) is 9.59 Å². The number of aromatic nitrogens is 2. The molecule has 2 aromatic rings. The third-order valence-electron chi connectivity index (χ3n) is 5.55. The van der Waals surface area contributed by atoms with Crippen molar-refractivity contribution in [2.24, 2.45) is 0 Å². The zero-order valence-electron chi connectivity index (χ0n) is 16.0. The van der Waals surface area contributed by atoms with Gasteiger partial charge in [-0.15, -0.1) is 11.3 Å². The van der Waals surface area contributed by atoms with Crippen LogP contribution in [0.25, 0.3) is 10.2 Å². The average molecular weight is 391 g/mol.